The third-order valence-electron chi connectivity index (χ3n) is 3.53. The number of nitrogens with zero attached hydrogens (tertiary/aromatic N) is 3. The van der Waals surface area contributed by atoms with E-state index >= 15 is 0 Å². The smallest absolute Gasteiger partial charge is 0.333 e. The molecule has 0 atom stereocenters. The summed E-state index contributed by atoms with van der Waals surface area (Å²) in [5.74, 6) is 0.856. The lowest BCUT2D eigenvalue weighted by molar-refractivity contribution is -0.384. The molecule has 1 saturated carbocycles. The van der Waals surface area contributed by atoms with E-state index in [0.717, 1.165) is 19.3 Å². The predicted molar refractivity (Wildman–Crippen MR) is 71.1 cm³/mol. The number of aryl methyl sites for hydroxylation is 2. The maximum atomic E-state index is 11.2. The minimum atomic E-state index is -0.365. The summed E-state index contributed by atoms with van der Waals surface area (Å²) >= 11 is 0. The van der Waals surface area contributed by atoms with E-state index in [1.807, 2.05) is 6.92 Å². The van der Waals surface area contributed by atoms with Gasteiger partial charge in [0.2, 0.25) is 5.82 Å². The number of hydrogen-bond acceptors (Lipinski definition) is 5. The molecule has 0 spiro atoms. The topological polar surface area (TPSA) is 93.2 Å². The van der Waals surface area contributed by atoms with Crippen LogP contribution in [0.3, 0.4) is 0 Å². The monoisotopic (exact) mass is 268 g/mol. The minimum Gasteiger partial charge on any atom is -0.393 e. The Balaban J connectivity index is 2.11. The molecule has 0 aliphatic heterocycles. The lowest BCUT2D eigenvalue weighted by Gasteiger charge is -2.31. The standard InChI is InChI=1S/C12H20N4O3/c1-3-4-10-11(16(18)19)12(15(2)14-10)13-7-8-5-9(17)6-8/h8-9,13,17H,3-7H2,1-2H3. The second-order valence-electron chi connectivity index (χ2n) is 5.15. The first-order valence-electron chi connectivity index (χ1n) is 6.65. The average molecular weight is 268 g/mol. The molecular formula is C12H20N4O3. The molecule has 19 heavy (non-hydrogen) atoms. The van der Waals surface area contributed by atoms with Gasteiger partial charge in [0, 0.05) is 13.6 Å². The number of aromatic nitrogens is 2. The van der Waals surface area contributed by atoms with E-state index in [0.29, 0.717) is 30.4 Å². The number of nitrogens with one attached hydrogen (secondary N) is 1. The molecule has 2 rings (SSSR count). The average Bonchev–Trinajstić information content (AvgIpc) is 2.60. The molecule has 1 aromatic heterocycles. The van der Waals surface area contributed by atoms with Crippen molar-refractivity contribution in [3.63, 3.8) is 0 Å². The van der Waals surface area contributed by atoms with Gasteiger partial charge in [-0.15, -0.1) is 0 Å². The second kappa shape index (κ2) is 5.56. The van der Waals surface area contributed by atoms with Crippen molar-refractivity contribution in [1.29, 1.82) is 0 Å². The maximum Gasteiger partial charge on any atom is 0.333 e. The molecule has 0 amide bonds. The van der Waals surface area contributed by atoms with E-state index in [1.54, 1.807) is 7.05 Å². The molecule has 7 heteroatoms. The van der Waals surface area contributed by atoms with Crippen LogP contribution >= 0.6 is 0 Å². The Morgan fingerprint density at radius 2 is 2.26 bits per heavy atom. The fraction of sp³-hybridized carbons (Fsp3) is 0.750. The lowest BCUT2D eigenvalue weighted by atomic mass is 9.82. The van der Waals surface area contributed by atoms with Crippen molar-refractivity contribution in [2.24, 2.45) is 13.0 Å². The van der Waals surface area contributed by atoms with E-state index in [2.05, 4.69) is 10.4 Å². The molecule has 7 nitrogen and oxygen atoms in total. The molecule has 2 N–H and O–H groups in total. The summed E-state index contributed by atoms with van der Waals surface area (Å²) in [7, 11) is 1.71. The largest absolute Gasteiger partial charge is 0.393 e. The van der Waals surface area contributed by atoms with E-state index < -0.39 is 0 Å². The molecule has 1 aliphatic rings. The fourth-order valence-electron chi connectivity index (χ4n) is 2.47. The van der Waals surface area contributed by atoms with Gasteiger partial charge in [0.1, 0.15) is 5.69 Å². The van der Waals surface area contributed by atoms with E-state index in [4.69, 9.17) is 0 Å². The third kappa shape index (κ3) is 2.86. The Morgan fingerprint density at radius 1 is 1.58 bits per heavy atom. The van der Waals surface area contributed by atoms with Gasteiger partial charge in [-0.1, -0.05) is 13.3 Å². The van der Waals surface area contributed by atoms with Gasteiger partial charge < -0.3 is 10.4 Å². The molecule has 1 aliphatic carbocycles. The fourth-order valence-corrected chi connectivity index (χ4v) is 2.47. The minimum absolute atomic E-state index is 0.0872. The van der Waals surface area contributed by atoms with Crippen molar-refractivity contribution >= 4 is 11.5 Å². The molecule has 1 fully saturated rings. The number of aliphatic hydroxyl groups is 1. The first-order chi connectivity index (χ1) is 9.02. The maximum absolute atomic E-state index is 11.2. The highest BCUT2D eigenvalue weighted by atomic mass is 16.6. The normalized spacial score (nSPS) is 22.1. The van der Waals surface area contributed by atoms with Crippen LogP contribution in [-0.4, -0.2) is 32.5 Å². The Labute approximate surface area is 111 Å². The Kier molecular flexibility index (Phi) is 4.04. The van der Waals surface area contributed by atoms with Crippen LogP contribution in [-0.2, 0) is 13.5 Å². The number of rotatable bonds is 6. The predicted octanol–water partition coefficient (Wildman–Crippen LogP) is 1.46. The molecule has 0 radical (unpaired) electrons. The van der Waals surface area contributed by atoms with Crippen LogP contribution in [0.15, 0.2) is 0 Å². The first-order valence-corrected chi connectivity index (χ1v) is 6.65. The van der Waals surface area contributed by atoms with Gasteiger partial charge in [-0.2, -0.15) is 5.10 Å². The van der Waals surface area contributed by atoms with Crippen LogP contribution in [0.25, 0.3) is 0 Å². The van der Waals surface area contributed by atoms with E-state index in [1.165, 1.54) is 4.68 Å². The summed E-state index contributed by atoms with van der Waals surface area (Å²) in [5, 5.41) is 27.7. The molecule has 0 unspecified atom stereocenters. The quantitative estimate of drug-likeness (QED) is 0.602. The zero-order chi connectivity index (χ0) is 14.0. The van der Waals surface area contributed by atoms with Crippen molar-refractivity contribution in [2.75, 3.05) is 11.9 Å². The van der Waals surface area contributed by atoms with Crippen molar-refractivity contribution in [3.8, 4) is 0 Å². The molecule has 106 valence electrons. The van der Waals surface area contributed by atoms with Gasteiger partial charge in [0.25, 0.3) is 0 Å². The molecule has 1 aromatic rings. The van der Waals surface area contributed by atoms with E-state index in [-0.39, 0.29) is 16.7 Å². The van der Waals surface area contributed by atoms with Gasteiger partial charge in [-0.05, 0) is 25.2 Å². The Morgan fingerprint density at radius 3 is 2.79 bits per heavy atom. The molecule has 0 aromatic carbocycles. The molecule has 0 saturated heterocycles. The summed E-state index contributed by atoms with van der Waals surface area (Å²) in [6.45, 7) is 2.62. The van der Waals surface area contributed by atoms with Crippen molar-refractivity contribution in [1.82, 2.24) is 9.78 Å². The number of nitro groups is 1. The van der Waals surface area contributed by atoms with Gasteiger partial charge in [0.05, 0.1) is 11.0 Å². The van der Waals surface area contributed by atoms with Gasteiger partial charge >= 0.3 is 5.69 Å². The van der Waals surface area contributed by atoms with E-state index in [9.17, 15) is 15.2 Å². The van der Waals surface area contributed by atoms with Crippen LogP contribution in [0.1, 0.15) is 31.9 Å². The van der Waals surface area contributed by atoms with Crippen LogP contribution in [0.4, 0.5) is 11.5 Å². The highest BCUT2D eigenvalue weighted by molar-refractivity contribution is 5.59. The summed E-state index contributed by atoms with van der Waals surface area (Å²) < 4.78 is 1.54. The van der Waals surface area contributed by atoms with Gasteiger partial charge in [-0.25, -0.2) is 4.68 Å². The Bertz CT molecular complexity index is 466. The third-order valence-corrected chi connectivity index (χ3v) is 3.53. The van der Waals surface area contributed by atoms with Gasteiger partial charge in [-0.3, -0.25) is 10.1 Å². The zero-order valence-corrected chi connectivity index (χ0v) is 11.3. The van der Waals surface area contributed by atoms with Crippen LogP contribution in [0.2, 0.25) is 0 Å². The zero-order valence-electron chi connectivity index (χ0n) is 11.3. The van der Waals surface area contributed by atoms with Crippen molar-refractivity contribution in [2.45, 2.75) is 38.7 Å². The lowest BCUT2D eigenvalue weighted by Crippen LogP contribution is -2.33. The molecule has 1 heterocycles. The SMILES string of the molecule is CCCc1nn(C)c(NCC2CC(O)C2)c1[N+](=O)[O-]. The number of anilines is 1. The number of hydrogen-bond donors (Lipinski definition) is 2. The summed E-state index contributed by atoms with van der Waals surface area (Å²) in [5.41, 5.74) is 0.621. The first kappa shape index (κ1) is 13.8. The summed E-state index contributed by atoms with van der Waals surface area (Å²) in [6, 6.07) is 0. The van der Waals surface area contributed by atoms with Crippen molar-refractivity contribution < 1.29 is 10.0 Å². The van der Waals surface area contributed by atoms with Gasteiger partial charge in [0.15, 0.2) is 0 Å². The second-order valence-corrected chi connectivity index (χ2v) is 5.15. The molecular weight excluding hydrogens is 248 g/mol. The van der Waals surface area contributed by atoms with Crippen molar-refractivity contribution in [3.05, 3.63) is 15.8 Å². The summed E-state index contributed by atoms with van der Waals surface area (Å²) in [6.07, 6.45) is 2.75. The molecule has 0 bridgehead atoms. The summed E-state index contributed by atoms with van der Waals surface area (Å²) in [4.78, 5) is 10.8. The van der Waals surface area contributed by atoms with Crippen LogP contribution < -0.4 is 5.32 Å². The number of aliphatic hydroxyl groups excluding tert-OH is 1. The Hall–Kier alpha value is -1.63. The highest BCUT2D eigenvalue weighted by Gasteiger charge is 2.30. The van der Waals surface area contributed by atoms with Crippen LogP contribution in [0.5, 0.6) is 0 Å². The highest BCUT2D eigenvalue weighted by Crippen LogP contribution is 2.31. The van der Waals surface area contributed by atoms with Crippen LogP contribution in [0, 0.1) is 16.0 Å².